The van der Waals surface area contributed by atoms with Gasteiger partial charge in [-0.2, -0.15) is 0 Å². The van der Waals surface area contributed by atoms with Crippen LogP contribution in [0.3, 0.4) is 0 Å². The number of rotatable bonds is 5. The maximum absolute atomic E-state index is 12.5. The van der Waals surface area contributed by atoms with Gasteiger partial charge in [-0.3, -0.25) is 9.59 Å². The van der Waals surface area contributed by atoms with Crippen LogP contribution in [0.4, 0.5) is 5.69 Å². The van der Waals surface area contributed by atoms with Crippen molar-refractivity contribution in [1.29, 1.82) is 0 Å². The number of hydrogen-bond acceptors (Lipinski definition) is 3. The Labute approximate surface area is 154 Å². The predicted molar refractivity (Wildman–Crippen MR) is 101 cm³/mol. The number of carbonyl (C=O) groups excluding carboxylic acids is 2. The van der Waals surface area contributed by atoms with Gasteiger partial charge in [0, 0.05) is 13.0 Å². The number of ether oxygens (including phenoxy) is 1. The third kappa shape index (κ3) is 3.87. The molecule has 5 heteroatoms. The van der Waals surface area contributed by atoms with E-state index in [1.54, 1.807) is 11.8 Å². The van der Waals surface area contributed by atoms with Crippen LogP contribution in [0.5, 0.6) is 5.75 Å². The Bertz CT molecular complexity index is 804. The molecule has 0 aromatic heterocycles. The van der Waals surface area contributed by atoms with Crippen LogP contribution in [0.2, 0.25) is 0 Å². The monoisotopic (exact) mass is 352 g/mol. The molecular formula is C21H24N2O3. The average Bonchev–Trinajstić information content (AvgIpc) is 2.63. The Hall–Kier alpha value is -2.82. The van der Waals surface area contributed by atoms with Crippen LogP contribution >= 0.6 is 0 Å². The van der Waals surface area contributed by atoms with Gasteiger partial charge in [-0.1, -0.05) is 36.4 Å². The summed E-state index contributed by atoms with van der Waals surface area (Å²) in [5.41, 5.74) is 2.83. The van der Waals surface area contributed by atoms with E-state index in [4.69, 9.17) is 4.74 Å². The minimum Gasteiger partial charge on any atom is -0.479 e. The minimum absolute atomic E-state index is 0.0717. The predicted octanol–water partition coefficient (Wildman–Crippen LogP) is 3.38. The van der Waals surface area contributed by atoms with Gasteiger partial charge in [0.15, 0.2) is 6.10 Å². The minimum atomic E-state index is -0.545. The highest BCUT2D eigenvalue weighted by Gasteiger charge is 2.31. The van der Waals surface area contributed by atoms with Gasteiger partial charge < -0.3 is 15.0 Å². The second kappa shape index (κ2) is 7.60. The van der Waals surface area contributed by atoms with E-state index in [-0.39, 0.29) is 24.3 Å². The Morgan fingerprint density at radius 3 is 2.69 bits per heavy atom. The van der Waals surface area contributed by atoms with E-state index < -0.39 is 6.10 Å². The summed E-state index contributed by atoms with van der Waals surface area (Å²) in [5, 5.41) is 2.99. The summed E-state index contributed by atoms with van der Waals surface area (Å²) < 4.78 is 5.67. The summed E-state index contributed by atoms with van der Waals surface area (Å²) in [5.74, 6) is 0.482. The van der Waals surface area contributed by atoms with Crippen molar-refractivity contribution in [3.8, 4) is 5.75 Å². The molecule has 0 aliphatic carbocycles. The number of nitrogens with zero attached hydrogens (tertiary/aromatic N) is 1. The lowest BCUT2D eigenvalue weighted by atomic mass is 10.1. The molecule has 1 N–H and O–H groups in total. The molecule has 1 heterocycles. The van der Waals surface area contributed by atoms with Crippen molar-refractivity contribution in [1.82, 2.24) is 5.32 Å². The molecule has 0 saturated carbocycles. The average molecular weight is 352 g/mol. The van der Waals surface area contributed by atoms with Gasteiger partial charge >= 0.3 is 0 Å². The van der Waals surface area contributed by atoms with Crippen LogP contribution in [-0.4, -0.2) is 24.5 Å². The van der Waals surface area contributed by atoms with Gasteiger partial charge in [0.1, 0.15) is 5.75 Å². The summed E-state index contributed by atoms with van der Waals surface area (Å²) in [6.45, 7) is 5.98. The molecule has 5 nitrogen and oxygen atoms in total. The fourth-order valence-electron chi connectivity index (χ4n) is 3.10. The highest BCUT2D eigenvalue weighted by molar-refractivity contribution is 6.00. The highest BCUT2D eigenvalue weighted by Crippen LogP contribution is 2.34. The largest absolute Gasteiger partial charge is 0.479 e. The molecule has 2 atom stereocenters. The van der Waals surface area contributed by atoms with Crippen molar-refractivity contribution in [2.75, 3.05) is 11.4 Å². The lowest BCUT2D eigenvalue weighted by molar-refractivity contribution is -0.125. The topological polar surface area (TPSA) is 58.6 Å². The molecule has 2 aromatic carbocycles. The summed E-state index contributed by atoms with van der Waals surface area (Å²) in [6, 6.07) is 15.5. The smallest absolute Gasteiger partial charge is 0.267 e. The Balaban J connectivity index is 1.66. The highest BCUT2D eigenvalue weighted by atomic mass is 16.5. The number of nitrogens with one attached hydrogen (secondary N) is 1. The number of fused-ring (bicyclic) bond motifs is 1. The van der Waals surface area contributed by atoms with Gasteiger partial charge in [0.2, 0.25) is 5.91 Å². The van der Waals surface area contributed by atoms with Crippen LogP contribution in [0.15, 0.2) is 48.5 Å². The molecular weight excluding hydrogens is 328 g/mol. The second-order valence-corrected chi connectivity index (χ2v) is 6.67. The zero-order chi connectivity index (χ0) is 18.7. The molecule has 0 bridgehead atoms. The van der Waals surface area contributed by atoms with Gasteiger partial charge in [0.25, 0.3) is 5.91 Å². The quantitative estimate of drug-likeness (QED) is 0.897. The van der Waals surface area contributed by atoms with Crippen LogP contribution in [0.25, 0.3) is 0 Å². The fourth-order valence-corrected chi connectivity index (χ4v) is 3.10. The maximum Gasteiger partial charge on any atom is 0.267 e. The van der Waals surface area contributed by atoms with Gasteiger partial charge in [-0.25, -0.2) is 0 Å². The van der Waals surface area contributed by atoms with Gasteiger partial charge in [-0.05, 0) is 44.0 Å². The molecule has 0 fully saturated rings. The van der Waals surface area contributed by atoms with Crippen molar-refractivity contribution in [3.05, 3.63) is 59.7 Å². The first-order valence-corrected chi connectivity index (χ1v) is 8.88. The molecule has 1 aliphatic heterocycles. The Morgan fingerprint density at radius 2 is 1.96 bits per heavy atom. The van der Waals surface area contributed by atoms with E-state index in [1.165, 1.54) is 0 Å². The Kier molecular flexibility index (Phi) is 5.26. The first-order valence-electron chi connectivity index (χ1n) is 8.88. The molecule has 0 spiro atoms. The number of carbonyl (C=O) groups is 2. The zero-order valence-electron chi connectivity index (χ0n) is 15.4. The van der Waals surface area contributed by atoms with E-state index in [1.807, 2.05) is 62.4 Å². The third-order valence-corrected chi connectivity index (χ3v) is 4.56. The van der Waals surface area contributed by atoms with Crippen LogP contribution < -0.4 is 15.0 Å². The summed E-state index contributed by atoms with van der Waals surface area (Å²) in [7, 11) is 0. The van der Waals surface area contributed by atoms with E-state index in [9.17, 15) is 9.59 Å². The normalized spacial score (nSPS) is 17.3. The summed E-state index contributed by atoms with van der Waals surface area (Å²) >= 11 is 0. The standard InChI is InChI=1S/C21H24N2O3/c1-14-9-10-19-18(13-14)23(21(25)16(3)26-19)12-11-20(24)22-15(2)17-7-5-4-6-8-17/h4-10,13,15-16H,11-12H2,1-3H3,(H,22,24). The lowest BCUT2D eigenvalue weighted by Crippen LogP contribution is -2.46. The fraction of sp³-hybridized carbons (Fsp3) is 0.333. The molecule has 2 unspecified atom stereocenters. The second-order valence-electron chi connectivity index (χ2n) is 6.67. The van der Waals surface area contributed by atoms with Crippen LogP contribution in [0.1, 0.15) is 37.4 Å². The van der Waals surface area contributed by atoms with E-state index in [0.717, 1.165) is 16.8 Å². The van der Waals surface area contributed by atoms with Crippen molar-refractivity contribution in [2.45, 2.75) is 39.3 Å². The van der Waals surface area contributed by atoms with Crippen LogP contribution in [-0.2, 0) is 9.59 Å². The molecule has 136 valence electrons. The molecule has 3 rings (SSSR count). The molecule has 26 heavy (non-hydrogen) atoms. The van der Waals surface area contributed by atoms with Crippen LogP contribution in [0, 0.1) is 6.92 Å². The van der Waals surface area contributed by atoms with E-state index >= 15 is 0 Å². The molecule has 1 aliphatic rings. The number of hydrogen-bond donors (Lipinski definition) is 1. The molecule has 2 aromatic rings. The lowest BCUT2D eigenvalue weighted by Gasteiger charge is -2.33. The van der Waals surface area contributed by atoms with Gasteiger partial charge in [0.05, 0.1) is 11.7 Å². The Morgan fingerprint density at radius 1 is 1.23 bits per heavy atom. The maximum atomic E-state index is 12.5. The molecule has 0 saturated heterocycles. The summed E-state index contributed by atoms with van der Waals surface area (Å²) in [6.07, 6.45) is -0.306. The zero-order valence-corrected chi connectivity index (χ0v) is 15.4. The van der Waals surface area contributed by atoms with Crippen molar-refractivity contribution in [3.63, 3.8) is 0 Å². The number of anilines is 1. The molecule has 0 radical (unpaired) electrons. The SMILES string of the molecule is Cc1ccc2c(c1)N(CCC(=O)NC(C)c1ccccc1)C(=O)C(C)O2. The summed E-state index contributed by atoms with van der Waals surface area (Å²) in [4.78, 5) is 26.5. The van der Waals surface area contributed by atoms with Gasteiger partial charge in [-0.15, -0.1) is 0 Å². The first-order chi connectivity index (χ1) is 12.5. The number of amides is 2. The first kappa shape index (κ1) is 18.0. The van der Waals surface area contributed by atoms with E-state index in [2.05, 4.69) is 5.32 Å². The van der Waals surface area contributed by atoms with E-state index in [0.29, 0.717) is 12.3 Å². The third-order valence-electron chi connectivity index (χ3n) is 4.56. The van der Waals surface area contributed by atoms with Crippen molar-refractivity contribution >= 4 is 17.5 Å². The molecule has 2 amide bonds. The number of aryl methyl sites for hydroxylation is 1. The number of benzene rings is 2. The van der Waals surface area contributed by atoms with Crippen molar-refractivity contribution in [2.24, 2.45) is 0 Å². The van der Waals surface area contributed by atoms with Crippen molar-refractivity contribution < 1.29 is 14.3 Å².